The van der Waals surface area contributed by atoms with Crippen molar-refractivity contribution in [2.45, 2.75) is 26.8 Å². The molecule has 0 aliphatic rings. The summed E-state index contributed by atoms with van der Waals surface area (Å²) in [4.78, 5) is 29.4. The largest absolute Gasteiger partial charge is 0.494 e. The van der Waals surface area contributed by atoms with Gasteiger partial charge in [-0.25, -0.2) is 4.98 Å². The quantitative estimate of drug-likeness (QED) is 0.490. The maximum absolute atomic E-state index is 12.7. The van der Waals surface area contributed by atoms with Crippen LogP contribution in [0.25, 0.3) is 22.4 Å². The van der Waals surface area contributed by atoms with Gasteiger partial charge in [0.2, 0.25) is 5.91 Å². The van der Waals surface area contributed by atoms with Gasteiger partial charge >= 0.3 is 0 Å². The van der Waals surface area contributed by atoms with E-state index in [0.29, 0.717) is 23.5 Å². The van der Waals surface area contributed by atoms with Crippen molar-refractivity contribution in [2.75, 3.05) is 11.9 Å². The van der Waals surface area contributed by atoms with Crippen LogP contribution in [-0.4, -0.2) is 27.2 Å². The van der Waals surface area contributed by atoms with E-state index >= 15 is 0 Å². The second-order valence-corrected chi connectivity index (χ2v) is 7.07. The zero-order chi connectivity index (χ0) is 21.8. The molecule has 8 nitrogen and oxygen atoms in total. The highest BCUT2D eigenvalue weighted by atomic mass is 16.5. The van der Waals surface area contributed by atoms with Crippen molar-refractivity contribution in [3.8, 4) is 17.0 Å². The lowest BCUT2D eigenvalue weighted by Gasteiger charge is -2.08. The van der Waals surface area contributed by atoms with Gasteiger partial charge in [0.1, 0.15) is 17.0 Å². The molecule has 2 aromatic heterocycles. The molecule has 8 heteroatoms. The van der Waals surface area contributed by atoms with Gasteiger partial charge in [-0.3, -0.25) is 14.2 Å². The Labute approximate surface area is 178 Å². The predicted molar refractivity (Wildman–Crippen MR) is 117 cm³/mol. The highest BCUT2D eigenvalue weighted by molar-refractivity contribution is 5.90. The van der Waals surface area contributed by atoms with E-state index in [9.17, 15) is 9.59 Å². The van der Waals surface area contributed by atoms with Crippen molar-refractivity contribution in [3.63, 3.8) is 0 Å². The molecular formula is C23H22N4O4. The topological polar surface area (TPSA) is 99.2 Å². The minimum absolute atomic E-state index is 0.0741. The average molecular weight is 418 g/mol. The highest BCUT2D eigenvalue weighted by Crippen LogP contribution is 2.24. The van der Waals surface area contributed by atoms with Gasteiger partial charge in [0, 0.05) is 24.2 Å². The minimum atomic E-state index is -0.371. The molecule has 31 heavy (non-hydrogen) atoms. The van der Waals surface area contributed by atoms with Crippen LogP contribution in [-0.2, 0) is 11.3 Å². The van der Waals surface area contributed by atoms with Gasteiger partial charge in [-0.05, 0) is 38.1 Å². The molecule has 158 valence electrons. The van der Waals surface area contributed by atoms with Crippen molar-refractivity contribution < 1.29 is 14.1 Å². The minimum Gasteiger partial charge on any atom is -0.494 e. The maximum Gasteiger partial charge on any atom is 0.299 e. The number of ether oxygens (including phenoxy) is 1. The number of carbonyl (C=O) groups excluding carboxylic acids is 1. The second kappa shape index (κ2) is 8.83. The molecule has 2 heterocycles. The van der Waals surface area contributed by atoms with E-state index in [1.165, 1.54) is 10.9 Å². The molecule has 1 N–H and O–H groups in total. The number of aryl methyl sites for hydroxylation is 2. The van der Waals surface area contributed by atoms with Crippen LogP contribution in [0.3, 0.4) is 0 Å². The Balaban J connectivity index is 1.45. The number of nitrogens with one attached hydrogen (secondary N) is 1. The SMILES string of the molecule is CCOc1ccc(NC(=O)CCn2cnc3c(-c4ccc(C)cc4)noc3c2=O)cc1. The number of aromatic nitrogens is 3. The predicted octanol–water partition coefficient (Wildman–Crippen LogP) is 3.79. The Morgan fingerprint density at radius 2 is 1.87 bits per heavy atom. The molecule has 0 radical (unpaired) electrons. The lowest BCUT2D eigenvalue weighted by Crippen LogP contribution is -2.23. The summed E-state index contributed by atoms with van der Waals surface area (Å²) in [6.07, 6.45) is 1.53. The molecular weight excluding hydrogens is 396 g/mol. The smallest absolute Gasteiger partial charge is 0.299 e. The first-order valence-corrected chi connectivity index (χ1v) is 9.99. The number of nitrogens with zero attached hydrogens (tertiary/aromatic N) is 3. The van der Waals surface area contributed by atoms with Gasteiger partial charge in [0.25, 0.3) is 11.1 Å². The van der Waals surface area contributed by atoms with Gasteiger partial charge in [-0.15, -0.1) is 0 Å². The lowest BCUT2D eigenvalue weighted by molar-refractivity contribution is -0.116. The fourth-order valence-electron chi connectivity index (χ4n) is 3.16. The van der Waals surface area contributed by atoms with E-state index in [1.807, 2.05) is 38.1 Å². The van der Waals surface area contributed by atoms with Crippen LogP contribution in [0, 0.1) is 6.92 Å². The molecule has 0 spiro atoms. The maximum atomic E-state index is 12.7. The summed E-state index contributed by atoms with van der Waals surface area (Å²) in [6.45, 7) is 4.65. The molecule has 0 bridgehead atoms. The van der Waals surface area contributed by atoms with E-state index in [-0.39, 0.29) is 30.0 Å². The first-order valence-electron chi connectivity index (χ1n) is 9.99. The van der Waals surface area contributed by atoms with E-state index in [4.69, 9.17) is 9.26 Å². The fraction of sp³-hybridized carbons (Fsp3) is 0.217. The molecule has 0 aliphatic carbocycles. The Hall–Kier alpha value is -3.94. The average Bonchev–Trinajstić information content (AvgIpc) is 3.20. The second-order valence-electron chi connectivity index (χ2n) is 7.07. The number of hydrogen-bond donors (Lipinski definition) is 1. The van der Waals surface area contributed by atoms with E-state index in [2.05, 4.69) is 15.5 Å². The summed E-state index contributed by atoms with van der Waals surface area (Å²) in [6, 6.07) is 14.8. The van der Waals surface area contributed by atoms with Crippen molar-refractivity contribution in [1.82, 2.24) is 14.7 Å². The number of rotatable bonds is 7. The van der Waals surface area contributed by atoms with Gasteiger partial charge in [0.05, 0.1) is 12.9 Å². The summed E-state index contributed by atoms with van der Waals surface area (Å²) < 4.78 is 12.0. The van der Waals surface area contributed by atoms with Crippen LogP contribution in [0.5, 0.6) is 5.75 Å². The van der Waals surface area contributed by atoms with Gasteiger partial charge in [-0.2, -0.15) is 0 Å². The third-order valence-corrected chi connectivity index (χ3v) is 4.80. The van der Waals surface area contributed by atoms with E-state index in [0.717, 1.165) is 16.9 Å². The van der Waals surface area contributed by atoms with Crippen molar-refractivity contribution >= 4 is 22.7 Å². The molecule has 1 amide bonds. The normalized spacial score (nSPS) is 10.9. The van der Waals surface area contributed by atoms with E-state index in [1.54, 1.807) is 24.3 Å². The van der Waals surface area contributed by atoms with Gasteiger partial charge in [-0.1, -0.05) is 35.0 Å². The standard InChI is InChI=1S/C23H22N4O4/c1-3-30-18-10-8-17(9-11-18)25-19(28)12-13-27-14-24-21-20(26-31-22(21)23(27)29)16-6-4-15(2)5-7-16/h4-11,14H,3,12-13H2,1-2H3,(H,25,28). The van der Waals surface area contributed by atoms with Crippen molar-refractivity contribution in [1.29, 1.82) is 0 Å². The highest BCUT2D eigenvalue weighted by Gasteiger charge is 2.16. The van der Waals surface area contributed by atoms with Crippen molar-refractivity contribution in [3.05, 3.63) is 70.8 Å². The first-order chi connectivity index (χ1) is 15.0. The molecule has 0 fully saturated rings. The van der Waals surface area contributed by atoms with Crippen LogP contribution in [0.1, 0.15) is 18.9 Å². The summed E-state index contributed by atoms with van der Waals surface area (Å²) in [7, 11) is 0. The Morgan fingerprint density at radius 3 is 2.58 bits per heavy atom. The number of amides is 1. The summed E-state index contributed by atoms with van der Waals surface area (Å²) in [5, 5.41) is 6.83. The van der Waals surface area contributed by atoms with Gasteiger partial charge < -0.3 is 14.6 Å². The third-order valence-electron chi connectivity index (χ3n) is 4.80. The zero-order valence-electron chi connectivity index (χ0n) is 17.3. The third kappa shape index (κ3) is 4.48. The monoisotopic (exact) mass is 418 g/mol. The fourth-order valence-corrected chi connectivity index (χ4v) is 3.16. The summed E-state index contributed by atoms with van der Waals surface area (Å²) in [5.41, 5.74) is 3.23. The number of anilines is 1. The molecule has 4 aromatic rings. The number of carbonyl (C=O) groups is 1. The Morgan fingerprint density at radius 1 is 1.13 bits per heavy atom. The Kier molecular flexibility index (Phi) is 5.79. The van der Waals surface area contributed by atoms with Crippen LogP contribution in [0.4, 0.5) is 5.69 Å². The molecule has 2 aromatic carbocycles. The van der Waals surface area contributed by atoms with Crippen molar-refractivity contribution in [2.24, 2.45) is 0 Å². The molecule has 0 saturated carbocycles. The molecule has 0 aliphatic heterocycles. The van der Waals surface area contributed by atoms with E-state index < -0.39 is 0 Å². The first kappa shape index (κ1) is 20.3. The van der Waals surface area contributed by atoms with Crippen LogP contribution in [0.15, 0.2) is 64.2 Å². The van der Waals surface area contributed by atoms with Crippen LogP contribution in [0.2, 0.25) is 0 Å². The number of fused-ring (bicyclic) bond motifs is 1. The molecule has 0 unspecified atom stereocenters. The van der Waals surface area contributed by atoms with Gasteiger partial charge in [0.15, 0.2) is 0 Å². The zero-order valence-corrected chi connectivity index (χ0v) is 17.3. The lowest BCUT2D eigenvalue weighted by atomic mass is 10.1. The molecule has 4 rings (SSSR count). The number of benzene rings is 2. The number of hydrogen-bond acceptors (Lipinski definition) is 6. The molecule has 0 saturated heterocycles. The summed E-state index contributed by atoms with van der Waals surface area (Å²) >= 11 is 0. The van der Waals surface area contributed by atoms with Crippen LogP contribution < -0.4 is 15.6 Å². The van der Waals surface area contributed by atoms with Crippen LogP contribution >= 0.6 is 0 Å². The summed E-state index contributed by atoms with van der Waals surface area (Å²) in [5.74, 6) is 0.526. The Bertz CT molecular complexity index is 1260. The molecule has 0 atom stereocenters.